The molecule has 0 heterocycles. The van der Waals surface area contributed by atoms with Crippen LogP contribution >= 0.6 is 0 Å². The summed E-state index contributed by atoms with van der Waals surface area (Å²) >= 11 is 0. The molecule has 0 saturated carbocycles. The van der Waals surface area contributed by atoms with Crippen LogP contribution in [0, 0.1) is 5.92 Å². The molecule has 0 fully saturated rings. The molecule has 0 aromatic heterocycles. The molecular weight excluding hydrogens is 152 g/mol. The Kier molecular flexibility index (Phi) is 4.05. The molecule has 0 aliphatic heterocycles. The van der Waals surface area contributed by atoms with E-state index in [1.165, 1.54) is 0 Å². The van der Waals surface area contributed by atoms with Gasteiger partial charge in [-0.05, 0) is 13.8 Å². The van der Waals surface area contributed by atoms with Crippen LogP contribution in [-0.4, -0.2) is 11.1 Å². The summed E-state index contributed by atoms with van der Waals surface area (Å²) in [5.41, 5.74) is 1.22. The average molecular weight is 166 g/mol. The van der Waals surface area contributed by atoms with Gasteiger partial charge in [0.15, 0.2) is 0 Å². The van der Waals surface area contributed by atoms with E-state index in [4.69, 9.17) is 5.11 Å². The van der Waals surface area contributed by atoms with Crippen molar-refractivity contribution in [2.24, 2.45) is 5.92 Å². The number of aliphatic carboxylic acids is 1. The highest BCUT2D eigenvalue weighted by atomic mass is 16.4. The topological polar surface area (TPSA) is 37.3 Å². The molecule has 2 heteroatoms. The van der Waals surface area contributed by atoms with Gasteiger partial charge in [-0.15, -0.1) is 6.58 Å². The van der Waals surface area contributed by atoms with Crippen molar-refractivity contribution in [2.45, 2.75) is 13.8 Å². The van der Waals surface area contributed by atoms with Crippen LogP contribution in [0.2, 0.25) is 0 Å². The van der Waals surface area contributed by atoms with E-state index >= 15 is 0 Å². The number of hydrogen-bond acceptors (Lipinski definition) is 1. The zero-order chi connectivity index (χ0) is 9.72. The van der Waals surface area contributed by atoms with Crippen LogP contribution in [0.5, 0.6) is 0 Å². The Bertz CT molecular complexity index is 236. The summed E-state index contributed by atoms with van der Waals surface area (Å²) in [7, 11) is 0. The molecule has 0 aromatic rings. The number of carboxylic acids is 1. The monoisotopic (exact) mass is 166 g/mol. The van der Waals surface area contributed by atoms with Gasteiger partial charge in [0.25, 0.3) is 0 Å². The van der Waals surface area contributed by atoms with Crippen molar-refractivity contribution in [2.75, 3.05) is 0 Å². The molecule has 1 unspecified atom stereocenters. The van der Waals surface area contributed by atoms with E-state index in [1.807, 2.05) is 6.92 Å². The molecule has 0 bridgehead atoms. The van der Waals surface area contributed by atoms with Crippen LogP contribution in [0.25, 0.3) is 0 Å². The number of hydrogen-bond donors (Lipinski definition) is 1. The zero-order valence-corrected chi connectivity index (χ0v) is 7.50. The van der Waals surface area contributed by atoms with Crippen molar-refractivity contribution >= 4 is 5.97 Å². The highest BCUT2D eigenvalue weighted by Crippen LogP contribution is 2.13. The van der Waals surface area contributed by atoms with Crippen LogP contribution < -0.4 is 0 Å². The van der Waals surface area contributed by atoms with Crippen LogP contribution in [0.4, 0.5) is 0 Å². The van der Waals surface area contributed by atoms with Gasteiger partial charge in [-0.2, -0.15) is 0 Å². The van der Waals surface area contributed by atoms with Crippen LogP contribution in [-0.2, 0) is 4.79 Å². The van der Waals surface area contributed by atoms with Gasteiger partial charge in [0.2, 0.25) is 0 Å². The van der Waals surface area contributed by atoms with Crippen molar-refractivity contribution in [1.29, 1.82) is 0 Å². The van der Waals surface area contributed by atoms with Crippen molar-refractivity contribution < 1.29 is 9.90 Å². The smallest absolute Gasteiger partial charge is 0.330 e. The molecule has 12 heavy (non-hydrogen) atoms. The van der Waals surface area contributed by atoms with Gasteiger partial charge in [0.1, 0.15) is 0 Å². The maximum Gasteiger partial charge on any atom is 0.330 e. The Morgan fingerprint density at radius 2 is 2.00 bits per heavy atom. The van der Waals surface area contributed by atoms with Gasteiger partial charge in [-0.25, -0.2) is 4.79 Å². The van der Waals surface area contributed by atoms with Gasteiger partial charge in [-0.1, -0.05) is 24.3 Å². The van der Waals surface area contributed by atoms with E-state index in [2.05, 4.69) is 13.2 Å². The summed E-state index contributed by atoms with van der Waals surface area (Å²) in [6, 6.07) is 0. The third-order valence-corrected chi connectivity index (χ3v) is 1.59. The summed E-state index contributed by atoms with van der Waals surface area (Å²) in [6.07, 6.45) is 3.31. The SMILES string of the molecule is C=CC(C=C(C)C(=O)O)C(=C)C. The maximum absolute atomic E-state index is 10.4. The highest BCUT2D eigenvalue weighted by molar-refractivity contribution is 5.85. The van der Waals surface area contributed by atoms with Gasteiger partial charge in [0, 0.05) is 11.5 Å². The average Bonchev–Trinajstić information content (AvgIpc) is 1.98. The summed E-state index contributed by atoms with van der Waals surface area (Å²) < 4.78 is 0. The number of allylic oxidation sites excluding steroid dienone is 3. The summed E-state index contributed by atoms with van der Waals surface area (Å²) in [4.78, 5) is 10.4. The van der Waals surface area contributed by atoms with Gasteiger partial charge in [-0.3, -0.25) is 0 Å². The van der Waals surface area contributed by atoms with E-state index in [0.29, 0.717) is 5.57 Å². The molecule has 1 N–H and O–H groups in total. The first-order valence-corrected chi connectivity index (χ1v) is 3.68. The summed E-state index contributed by atoms with van der Waals surface area (Å²) in [5.74, 6) is -0.941. The lowest BCUT2D eigenvalue weighted by atomic mass is 9.99. The lowest BCUT2D eigenvalue weighted by molar-refractivity contribution is -0.132. The first-order valence-electron chi connectivity index (χ1n) is 3.68. The first kappa shape index (κ1) is 10.7. The Hall–Kier alpha value is -1.31. The van der Waals surface area contributed by atoms with Crippen molar-refractivity contribution in [1.82, 2.24) is 0 Å². The molecule has 0 amide bonds. The number of carbonyl (C=O) groups is 1. The normalized spacial score (nSPS) is 13.7. The minimum Gasteiger partial charge on any atom is -0.478 e. The van der Waals surface area contributed by atoms with Crippen LogP contribution in [0.3, 0.4) is 0 Å². The lowest BCUT2D eigenvalue weighted by Gasteiger charge is -2.06. The second-order valence-electron chi connectivity index (χ2n) is 2.76. The molecule has 0 saturated heterocycles. The molecular formula is C10H14O2. The fraction of sp³-hybridized carbons (Fsp3) is 0.300. The minimum absolute atomic E-state index is 0.0406. The number of rotatable bonds is 4. The lowest BCUT2D eigenvalue weighted by Crippen LogP contribution is -2.00. The summed E-state index contributed by atoms with van der Waals surface area (Å²) in [5, 5.41) is 8.58. The molecule has 66 valence electrons. The molecule has 0 radical (unpaired) electrons. The minimum atomic E-state index is -0.900. The molecule has 0 spiro atoms. The Balaban J connectivity index is 4.57. The van der Waals surface area contributed by atoms with Crippen molar-refractivity contribution in [3.8, 4) is 0 Å². The van der Waals surface area contributed by atoms with Crippen LogP contribution in [0.1, 0.15) is 13.8 Å². The standard InChI is InChI=1S/C10H14O2/c1-5-9(7(2)3)6-8(4)10(11)12/h5-6,9H,1-2H2,3-4H3,(H,11,12). The Labute approximate surface area is 72.9 Å². The molecule has 2 nitrogen and oxygen atoms in total. The van der Waals surface area contributed by atoms with Gasteiger partial charge >= 0.3 is 5.97 Å². The Morgan fingerprint density at radius 3 is 2.25 bits per heavy atom. The second kappa shape index (κ2) is 4.54. The first-order chi connectivity index (χ1) is 5.49. The van der Waals surface area contributed by atoms with Crippen molar-refractivity contribution in [3.05, 3.63) is 36.5 Å². The maximum atomic E-state index is 10.4. The zero-order valence-electron chi connectivity index (χ0n) is 7.50. The molecule has 0 aliphatic rings. The quantitative estimate of drug-likeness (QED) is 0.514. The highest BCUT2D eigenvalue weighted by Gasteiger charge is 2.05. The summed E-state index contributed by atoms with van der Waals surface area (Å²) in [6.45, 7) is 10.7. The van der Waals surface area contributed by atoms with E-state index in [0.717, 1.165) is 5.57 Å². The predicted molar refractivity (Wildman–Crippen MR) is 49.9 cm³/mol. The number of carboxylic acid groups (broad SMARTS) is 1. The van der Waals surface area contributed by atoms with E-state index < -0.39 is 5.97 Å². The fourth-order valence-corrected chi connectivity index (χ4v) is 0.752. The van der Waals surface area contributed by atoms with E-state index in [9.17, 15) is 4.79 Å². The third kappa shape index (κ3) is 3.19. The molecule has 0 aromatic carbocycles. The van der Waals surface area contributed by atoms with Crippen molar-refractivity contribution in [3.63, 3.8) is 0 Å². The van der Waals surface area contributed by atoms with E-state index in [-0.39, 0.29) is 5.92 Å². The largest absolute Gasteiger partial charge is 0.478 e. The second-order valence-corrected chi connectivity index (χ2v) is 2.76. The van der Waals surface area contributed by atoms with Gasteiger partial charge in [0.05, 0.1) is 0 Å². The molecule has 1 atom stereocenters. The third-order valence-electron chi connectivity index (χ3n) is 1.59. The van der Waals surface area contributed by atoms with Crippen LogP contribution in [0.15, 0.2) is 36.5 Å². The Morgan fingerprint density at radius 1 is 1.50 bits per heavy atom. The van der Waals surface area contributed by atoms with Gasteiger partial charge < -0.3 is 5.11 Å². The fourth-order valence-electron chi connectivity index (χ4n) is 0.752. The molecule has 0 rings (SSSR count). The van der Waals surface area contributed by atoms with E-state index in [1.54, 1.807) is 19.1 Å². The molecule has 0 aliphatic carbocycles. The predicted octanol–water partition coefficient (Wildman–Crippen LogP) is 2.40.